The van der Waals surface area contributed by atoms with E-state index in [-0.39, 0.29) is 39.6 Å². The van der Waals surface area contributed by atoms with Crippen LogP contribution in [-0.4, -0.2) is 177 Å². The van der Waals surface area contributed by atoms with E-state index in [0.717, 1.165) is 0 Å². The molecule has 7 N–H and O–H groups in total. The highest BCUT2D eigenvalue weighted by atomic mass is 16.8. The van der Waals surface area contributed by atoms with E-state index in [9.17, 15) is 34.8 Å². The standard InChI is InChI=1S/C33H59N3O16/c1-8-10-45-14-21-29(27(42)23(17(3)48-21)34-18(4)38)50-32-25(36-20(6)40)28(43)30(22(49-32)15-46-11-9-37)51-33-24(35-19(5)39)26(41)16(2)31(52-33)47-13-12-44-7/h16-17,21-33,37,41-43H,8-15H2,1-7H3,(H,34,38)(H,35,39)(H,36,40)/t16-,17-,21?,22-,23?,24?,25?,26-,27+,28?,29+,30+,31?,32-,33+/m0/s1. The lowest BCUT2D eigenvalue weighted by Gasteiger charge is -2.50. The average molecular weight is 754 g/mol. The van der Waals surface area contributed by atoms with Crippen LogP contribution in [0.1, 0.15) is 48.0 Å². The van der Waals surface area contributed by atoms with E-state index in [0.29, 0.717) is 13.0 Å². The number of rotatable bonds is 19. The molecule has 52 heavy (non-hydrogen) atoms. The second-order valence-electron chi connectivity index (χ2n) is 13.2. The molecular weight excluding hydrogens is 694 g/mol. The van der Waals surface area contributed by atoms with Crippen molar-refractivity contribution in [2.24, 2.45) is 5.92 Å². The Balaban J connectivity index is 1.98. The Labute approximate surface area is 304 Å². The Hall–Kier alpha value is -2.11. The summed E-state index contributed by atoms with van der Waals surface area (Å²) in [5, 5.41) is 52.1. The molecule has 19 heteroatoms. The molecule has 0 spiro atoms. The molecule has 0 aliphatic carbocycles. The van der Waals surface area contributed by atoms with Gasteiger partial charge in [-0.15, -0.1) is 0 Å². The van der Waals surface area contributed by atoms with Gasteiger partial charge in [0.15, 0.2) is 18.9 Å². The molecule has 6 unspecified atom stereocenters. The molecule has 3 amide bonds. The molecule has 15 atom stereocenters. The first-order valence-corrected chi connectivity index (χ1v) is 17.7. The molecule has 3 saturated heterocycles. The smallest absolute Gasteiger partial charge is 0.217 e. The molecule has 0 aromatic rings. The molecule has 3 aliphatic rings. The molecule has 3 aliphatic heterocycles. The largest absolute Gasteiger partial charge is 0.394 e. The van der Waals surface area contributed by atoms with Gasteiger partial charge < -0.3 is 79.0 Å². The number of aliphatic hydroxyl groups is 4. The summed E-state index contributed by atoms with van der Waals surface area (Å²) < 4.78 is 53.4. The minimum atomic E-state index is -1.61. The SMILES string of the molecule is CCCOCC1O[C@@H](C)C(NC(C)=O)[C@@H](O)[C@@H]1O[C@@H]1O[C@@H](COCCO)[C@@H](O[C@@H]2OC(OCCOC)[C@@H](C)[C@H](O)C2NC(C)=O)C(O)C1NC(C)=O. The number of methoxy groups -OCH3 is 1. The maximum absolute atomic E-state index is 12.5. The predicted molar refractivity (Wildman–Crippen MR) is 178 cm³/mol. The zero-order valence-corrected chi connectivity index (χ0v) is 31.0. The summed E-state index contributed by atoms with van der Waals surface area (Å²) in [4.78, 5) is 36.8. The summed E-state index contributed by atoms with van der Waals surface area (Å²) in [5.41, 5.74) is 0. The van der Waals surface area contributed by atoms with Crippen molar-refractivity contribution in [3.8, 4) is 0 Å². The van der Waals surface area contributed by atoms with Crippen molar-refractivity contribution in [3.63, 3.8) is 0 Å². The minimum Gasteiger partial charge on any atom is -0.394 e. The van der Waals surface area contributed by atoms with Crippen molar-refractivity contribution >= 4 is 17.7 Å². The van der Waals surface area contributed by atoms with Gasteiger partial charge in [-0.25, -0.2) is 0 Å². The molecule has 0 radical (unpaired) electrons. The van der Waals surface area contributed by atoms with Gasteiger partial charge in [0, 0.05) is 40.4 Å². The van der Waals surface area contributed by atoms with Crippen molar-refractivity contribution in [1.29, 1.82) is 0 Å². The third kappa shape index (κ3) is 12.2. The van der Waals surface area contributed by atoms with Crippen LogP contribution in [0.2, 0.25) is 0 Å². The molecule has 0 bridgehead atoms. The predicted octanol–water partition coefficient (Wildman–Crippen LogP) is -2.72. The van der Waals surface area contributed by atoms with Gasteiger partial charge in [-0.2, -0.15) is 0 Å². The van der Waals surface area contributed by atoms with E-state index < -0.39 is 109 Å². The fourth-order valence-corrected chi connectivity index (χ4v) is 6.46. The summed E-state index contributed by atoms with van der Waals surface area (Å²) in [6, 6.07) is -3.35. The van der Waals surface area contributed by atoms with Crippen molar-refractivity contribution in [3.05, 3.63) is 0 Å². The molecule has 3 fully saturated rings. The van der Waals surface area contributed by atoms with Crippen LogP contribution in [0, 0.1) is 5.92 Å². The van der Waals surface area contributed by atoms with Gasteiger partial charge in [0.1, 0.15) is 48.7 Å². The number of nitrogens with one attached hydrogen (secondary N) is 3. The monoisotopic (exact) mass is 753 g/mol. The summed E-state index contributed by atoms with van der Waals surface area (Å²) in [6.07, 6.45) is -12.6. The van der Waals surface area contributed by atoms with E-state index in [1.165, 1.54) is 27.9 Å². The lowest BCUT2D eigenvalue weighted by molar-refractivity contribution is -0.362. The maximum atomic E-state index is 12.5. The van der Waals surface area contributed by atoms with Crippen LogP contribution >= 0.6 is 0 Å². The Morgan fingerprint density at radius 1 is 0.654 bits per heavy atom. The number of aliphatic hydroxyl groups excluding tert-OH is 4. The number of amides is 3. The van der Waals surface area contributed by atoms with Gasteiger partial charge in [-0.1, -0.05) is 13.8 Å². The van der Waals surface area contributed by atoms with Crippen molar-refractivity contribution in [1.82, 2.24) is 16.0 Å². The van der Waals surface area contributed by atoms with Crippen LogP contribution in [0.3, 0.4) is 0 Å². The summed E-state index contributed by atoms with van der Waals surface area (Å²) in [6.45, 7) is 9.15. The first-order chi connectivity index (χ1) is 24.7. The van der Waals surface area contributed by atoms with Crippen LogP contribution < -0.4 is 16.0 Å². The van der Waals surface area contributed by atoms with Crippen LogP contribution in [0.15, 0.2) is 0 Å². The highest BCUT2D eigenvalue weighted by Crippen LogP contribution is 2.34. The number of hydrogen-bond acceptors (Lipinski definition) is 16. The number of ether oxygens (including phenoxy) is 9. The number of hydrogen-bond donors (Lipinski definition) is 7. The normalized spacial score (nSPS) is 38.0. The van der Waals surface area contributed by atoms with Gasteiger partial charge in [0.2, 0.25) is 17.7 Å². The highest BCUT2D eigenvalue weighted by molar-refractivity contribution is 5.74. The lowest BCUT2D eigenvalue weighted by Crippen LogP contribution is -2.70. The maximum Gasteiger partial charge on any atom is 0.217 e. The second kappa shape index (κ2) is 21.7. The molecule has 3 heterocycles. The number of carbonyl (C=O) groups is 3. The zero-order valence-electron chi connectivity index (χ0n) is 31.0. The third-order valence-corrected chi connectivity index (χ3v) is 8.95. The van der Waals surface area contributed by atoms with Crippen molar-refractivity contribution < 1.29 is 77.4 Å². The Morgan fingerprint density at radius 2 is 1.15 bits per heavy atom. The molecular formula is C33H59N3O16. The zero-order chi connectivity index (χ0) is 38.5. The first kappa shape index (κ1) is 44.3. The molecule has 19 nitrogen and oxygen atoms in total. The van der Waals surface area contributed by atoms with Gasteiger partial charge in [0.05, 0.1) is 57.9 Å². The first-order valence-electron chi connectivity index (χ1n) is 17.7. The van der Waals surface area contributed by atoms with E-state index in [1.807, 2.05) is 6.92 Å². The quantitative estimate of drug-likeness (QED) is 0.0662. The summed E-state index contributed by atoms with van der Waals surface area (Å²) in [7, 11) is 1.50. The average Bonchev–Trinajstić information content (AvgIpc) is 3.07. The molecule has 302 valence electrons. The minimum absolute atomic E-state index is 0.0134. The van der Waals surface area contributed by atoms with Gasteiger partial charge in [-0.3, -0.25) is 14.4 Å². The molecule has 0 aromatic heterocycles. The van der Waals surface area contributed by atoms with Crippen LogP contribution in [0.25, 0.3) is 0 Å². The summed E-state index contributed by atoms with van der Waals surface area (Å²) in [5.74, 6) is -2.09. The Bertz CT molecular complexity index is 1110. The fraction of sp³-hybridized carbons (Fsp3) is 0.909. The molecule has 0 saturated carbocycles. The third-order valence-electron chi connectivity index (χ3n) is 8.95. The molecule has 3 rings (SSSR count). The van der Waals surface area contributed by atoms with E-state index in [2.05, 4.69) is 16.0 Å². The summed E-state index contributed by atoms with van der Waals surface area (Å²) >= 11 is 0. The highest BCUT2D eigenvalue weighted by Gasteiger charge is 2.54. The van der Waals surface area contributed by atoms with Gasteiger partial charge >= 0.3 is 0 Å². The number of carbonyl (C=O) groups excluding carboxylic acids is 3. The van der Waals surface area contributed by atoms with Crippen molar-refractivity contribution in [2.45, 2.75) is 134 Å². The Morgan fingerprint density at radius 3 is 1.69 bits per heavy atom. The van der Waals surface area contributed by atoms with Crippen LogP contribution in [0.4, 0.5) is 0 Å². The van der Waals surface area contributed by atoms with Crippen molar-refractivity contribution in [2.75, 3.05) is 53.4 Å². The van der Waals surface area contributed by atoms with Crippen LogP contribution in [-0.2, 0) is 57.0 Å². The van der Waals surface area contributed by atoms with E-state index in [1.54, 1.807) is 13.8 Å². The second-order valence-corrected chi connectivity index (χ2v) is 13.2. The van der Waals surface area contributed by atoms with E-state index >= 15 is 0 Å². The lowest BCUT2D eigenvalue weighted by atomic mass is 9.91. The topological polar surface area (TPSA) is 251 Å². The molecule has 0 aromatic carbocycles. The van der Waals surface area contributed by atoms with Gasteiger partial charge in [0.25, 0.3) is 0 Å². The van der Waals surface area contributed by atoms with Gasteiger partial charge in [-0.05, 0) is 13.3 Å². The van der Waals surface area contributed by atoms with Crippen LogP contribution in [0.5, 0.6) is 0 Å². The Kier molecular flexibility index (Phi) is 18.5. The van der Waals surface area contributed by atoms with E-state index in [4.69, 9.17) is 42.6 Å². The fourth-order valence-electron chi connectivity index (χ4n) is 6.46.